The van der Waals surface area contributed by atoms with Crippen LogP contribution in [0.25, 0.3) is 0 Å². The second-order valence-electron chi connectivity index (χ2n) is 3.31. The molecule has 16 heavy (non-hydrogen) atoms. The van der Waals surface area contributed by atoms with Crippen molar-refractivity contribution in [2.75, 3.05) is 6.54 Å². The van der Waals surface area contributed by atoms with E-state index >= 15 is 0 Å². The fraction of sp³-hybridized carbons (Fsp3) is 0.300. The van der Waals surface area contributed by atoms with Gasteiger partial charge in [-0.1, -0.05) is 0 Å². The lowest BCUT2D eigenvalue weighted by Crippen LogP contribution is -2.19. The van der Waals surface area contributed by atoms with Crippen molar-refractivity contribution in [2.24, 2.45) is 5.73 Å². The van der Waals surface area contributed by atoms with Crippen LogP contribution in [0.5, 0.6) is 0 Å². The first kappa shape index (κ1) is 12.5. The van der Waals surface area contributed by atoms with Gasteiger partial charge in [-0.15, -0.1) is 0 Å². The molecule has 0 radical (unpaired) electrons. The molecule has 1 atom stereocenters. The van der Waals surface area contributed by atoms with Crippen LogP contribution in [-0.2, 0) is 4.79 Å². The van der Waals surface area contributed by atoms with E-state index in [0.29, 0.717) is 12.1 Å². The molecule has 0 aliphatic rings. The van der Waals surface area contributed by atoms with Crippen LogP contribution < -0.4 is 5.73 Å². The van der Waals surface area contributed by atoms with Crippen LogP contribution in [0.4, 0.5) is 13.2 Å². The number of hydrogen-bond acceptors (Lipinski definition) is 2. The zero-order valence-electron chi connectivity index (χ0n) is 8.21. The van der Waals surface area contributed by atoms with Crippen LogP contribution in [0.15, 0.2) is 12.1 Å². The van der Waals surface area contributed by atoms with Gasteiger partial charge >= 0.3 is 5.97 Å². The molecule has 6 heteroatoms. The monoisotopic (exact) mass is 233 g/mol. The Morgan fingerprint density at radius 3 is 2.19 bits per heavy atom. The minimum Gasteiger partial charge on any atom is -0.481 e. The maximum Gasteiger partial charge on any atom is 0.304 e. The van der Waals surface area contributed by atoms with E-state index < -0.39 is 41.3 Å². The number of benzene rings is 1. The minimum atomic E-state index is -1.22. The molecule has 88 valence electrons. The Morgan fingerprint density at radius 2 is 1.81 bits per heavy atom. The second kappa shape index (κ2) is 4.98. The van der Waals surface area contributed by atoms with Crippen molar-refractivity contribution >= 4 is 5.97 Å². The zero-order chi connectivity index (χ0) is 12.3. The number of carboxylic acid groups (broad SMARTS) is 1. The normalized spacial score (nSPS) is 12.5. The van der Waals surface area contributed by atoms with Crippen LogP contribution in [0.1, 0.15) is 17.9 Å². The van der Waals surface area contributed by atoms with Gasteiger partial charge in [0.1, 0.15) is 17.5 Å². The lowest BCUT2D eigenvalue weighted by atomic mass is 9.94. The molecule has 1 aromatic carbocycles. The predicted octanol–water partition coefficient (Wildman–Crippen LogP) is 1.62. The minimum absolute atomic E-state index is 0.230. The van der Waals surface area contributed by atoms with Gasteiger partial charge in [0, 0.05) is 23.6 Å². The number of aliphatic carboxylic acids is 1. The molecular weight excluding hydrogens is 223 g/mol. The van der Waals surface area contributed by atoms with Gasteiger partial charge in [0.05, 0.1) is 6.42 Å². The largest absolute Gasteiger partial charge is 0.481 e. The molecule has 0 heterocycles. The molecule has 0 amide bonds. The lowest BCUT2D eigenvalue weighted by molar-refractivity contribution is -0.137. The summed E-state index contributed by atoms with van der Waals surface area (Å²) in [5, 5.41) is 8.54. The summed E-state index contributed by atoms with van der Waals surface area (Å²) in [5.41, 5.74) is 4.76. The smallest absolute Gasteiger partial charge is 0.304 e. The molecule has 0 aliphatic carbocycles. The highest BCUT2D eigenvalue weighted by Gasteiger charge is 2.22. The van der Waals surface area contributed by atoms with Gasteiger partial charge in [0.15, 0.2) is 0 Å². The molecule has 0 saturated heterocycles. The highest BCUT2D eigenvalue weighted by molar-refractivity contribution is 5.68. The van der Waals surface area contributed by atoms with Gasteiger partial charge in [-0.25, -0.2) is 13.2 Å². The number of hydrogen-bond donors (Lipinski definition) is 2. The van der Waals surface area contributed by atoms with Crippen molar-refractivity contribution < 1.29 is 23.1 Å². The first-order valence-corrected chi connectivity index (χ1v) is 4.52. The predicted molar refractivity (Wildman–Crippen MR) is 50.4 cm³/mol. The van der Waals surface area contributed by atoms with Gasteiger partial charge in [0.2, 0.25) is 0 Å². The number of nitrogens with two attached hydrogens (primary N) is 1. The maximum atomic E-state index is 13.3. The molecule has 3 nitrogen and oxygen atoms in total. The highest BCUT2D eigenvalue weighted by Crippen LogP contribution is 2.25. The maximum absolute atomic E-state index is 13.3. The summed E-state index contributed by atoms with van der Waals surface area (Å²) in [7, 11) is 0. The molecular formula is C10H10F3NO2. The van der Waals surface area contributed by atoms with Crippen molar-refractivity contribution in [3.63, 3.8) is 0 Å². The molecule has 0 spiro atoms. The topological polar surface area (TPSA) is 63.3 Å². The molecule has 3 N–H and O–H groups in total. The summed E-state index contributed by atoms with van der Waals surface area (Å²) in [6, 6.07) is 1.01. The fourth-order valence-electron chi connectivity index (χ4n) is 1.46. The molecule has 0 saturated carbocycles. The Labute approximate surface area is 89.7 Å². The van der Waals surface area contributed by atoms with E-state index in [4.69, 9.17) is 10.8 Å². The van der Waals surface area contributed by atoms with Crippen LogP contribution in [-0.4, -0.2) is 17.6 Å². The van der Waals surface area contributed by atoms with E-state index in [9.17, 15) is 18.0 Å². The zero-order valence-corrected chi connectivity index (χ0v) is 8.21. The number of halogens is 3. The summed E-state index contributed by atoms with van der Waals surface area (Å²) in [5.74, 6) is -5.51. The van der Waals surface area contributed by atoms with Gasteiger partial charge in [-0.2, -0.15) is 0 Å². The van der Waals surface area contributed by atoms with Crippen molar-refractivity contribution in [3.8, 4) is 0 Å². The first-order chi connectivity index (χ1) is 7.45. The van der Waals surface area contributed by atoms with Crippen molar-refractivity contribution in [1.82, 2.24) is 0 Å². The van der Waals surface area contributed by atoms with Gasteiger partial charge in [-0.05, 0) is 6.54 Å². The molecule has 0 aromatic heterocycles. The Bertz CT molecular complexity index is 386. The van der Waals surface area contributed by atoms with Gasteiger partial charge in [0.25, 0.3) is 0 Å². The van der Waals surface area contributed by atoms with E-state index in [1.165, 1.54) is 0 Å². The van der Waals surface area contributed by atoms with E-state index in [2.05, 4.69) is 0 Å². The van der Waals surface area contributed by atoms with Crippen LogP contribution in [0.3, 0.4) is 0 Å². The Kier molecular flexibility index (Phi) is 3.89. The molecule has 1 rings (SSSR count). The van der Waals surface area contributed by atoms with E-state index in [-0.39, 0.29) is 6.54 Å². The van der Waals surface area contributed by atoms with Crippen LogP contribution in [0.2, 0.25) is 0 Å². The van der Waals surface area contributed by atoms with Crippen molar-refractivity contribution in [2.45, 2.75) is 12.3 Å². The third kappa shape index (κ3) is 2.73. The Balaban J connectivity index is 3.14. The standard InChI is InChI=1S/C10H10F3NO2/c11-6-2-7(12)10(8(13)3-6)5(4-14)1-9(15)16/h2-3,5H,1,4,14H2,(H,15,16). The SMILES string of the molecule is NCC(CC(=O)O)c1c(F)cc(F)cc1F. The average Bonchev–Trinajstić information content (AvgIpc) is 2.13. The molecule has 0 fully saturated rings. The summed E-state index contributed by atoms with van der Waals surface area (Å²) < 4.78 is 39.2. The average molecular weight is 233 g/mol. The molecule has 0 bridgehead atoms. The van der Waals surface area contributed by atoms with Crippen molar-refractivity contribution in [3.05, 3.63) is 35.1 Å². The van der Waals surface area contributed by atoms with Gasteiger partial charge < -0.3 is 10.8 Å². The lowest BCUT2D eigenvalue weighted by Gasteiger charge is -2.14. The Morgan fingerprint density at radius 1 is 1.31 bits per heavy atom. The van der Waals surface area contributed by atoms with Crippen molar-refractivity contribution in [1.29, 1.82) is 0 Å². The molecule has 1 unspecified atom stereocenters. The number of carbonyl (C=O) groups is 1. The molecule has 1 aromatic rings. The Hall–Kier alpha value is -1.56. The van der Waals surface area contributed by atoms with Crippen LogP contribution >= 0.6 is 0 Å². The number of rotatable bonds is 4. The van der Waals surface area contributed by atoms with E-state index in [1.807, 2.05) is 0 Å². The van der Waals surface area contributed by atoms with Gasteiger partial charge in [-0.3, -0.25) is 4.79 Å². The fourth-order valence-corrected chi connectivity index (χ4v) is 1.46. The second-order valence-corrected chi connectivity index (χ2v) is 3.31. The summed E-state index contributed by atoms with van der Waals surface area (Å²) >= 11 is 0. The third-order valence-corrected chi connectivity index (χ3v) is 2.16. The van der Waals surface area contributed by atoms with E-state index in [0.717, 1.165) is 0 Å². The summed E-state index contributed by atoms with van der Waals surface area (Å²) in [4.78, 5) is 10.5. The highest BCUT2D eigenvalue weighted by atomic mass is 19.1. The summed E-state index contributed by atoms with van der Waals surface area (Å²) in [6.07, 6.45) is -0.504. The first-order valence-electron chi connectivity index (χ1n) is 4.52. The quantitative estimate of drug-likeness (QED) is 0.830. The third-order valence-electron chi connectivity index (χ3n) is 2.16. The summed E-state index contributed by atoms with van der Waals surface area (Å²) in [6.45, 7) is -0.230. The van der Waals surface area contributed by atoms with Crippen LogP contribution in [0, 0.1) is 17.5 Å². The van der Waals surface area contributed by atoms with E-state index in [1.54, 1.807) is 0 Å². The molecule has 0 aliphatic heterocycles. The number of carboxylic acids is 1.